The second-order valence-electron chi connectivity index (χ2n) is 16.2. The average molecular weight is 806 g/mol. The summed E-state index contributed by atoms with van der Waals surface area (Å²) in [6.07, 6.45) is 2.49. The molecule has 3 aromatic rings. The molecular formula is C46H51N3O10. The quantitative estimate of drug-likeness (QED) is 0.132. The molecule has 2 aliphatic heterocycles. The number of amides is 1. The fraction of sp³-hybridized carbons (Fsp3) is 0.478. The van der Waals surface area contributed by atoms with Crippen LogP contribution in [0.2, 0.25) is 0 Å². The number of nitrogens with zero attached hydrogens (tertiary/aromatic N) is 1. The molecule has 2 bridgehead atoms. The van der Waals surface area contributed by atoms with Gasteiger partial charge in [0.05, 0.1) is 43.4 Å². The monoisotopic (exact) mass is 805 g/mol. The number of aromatic amines is 1. The molecule has 7 unspecified atom stereocenters. The van der Waals surface area contributed by atoms with Crippen LogP contribution >= 0.6 is 0 Å². The Balaban J connectivity index is 1.27. The maximum atomic E-state index is 14.6. The molecule has 13 heteroatoms. The van der Waals surface area contributed by atoms with Gasteiger partial charge in [0.15, 0.2) is 29.7 Å². The second kappa shape index (κ2) is 17.5. The smallest absolute Gasteiger partial charge is 0.411 e. The zero-order valence-corrected chi connectivity index (χ0v) is 34.2. The fourth-order valence-corrected chi connectivity index (χ4v) is 8.59. The molecule has 2 fully saturated rings. The summed E-state index contributed by atoms with van der Waals surface area (Å²) in [6.45, 7) is 10.7. The van der Waals surface area contributed by atoms with Crippen LogP contribution in [0.4, 0.5) is 4.79 Å². The number of ether oxygens (including phenoxy) is 5. The van der Waals surface area contributed by atoms with Crippen molar-refractivity contribution in [2.24, 2.45) is 23.7 Å². The van der Waals surface area contributed by atoms with Gasteiger partial charge < -0.3 is 38.9 Å². The van der Waals surface area contributed by atoms with E-state index < -0.39 is 60.7 Å². The van der Waals surface area contributed by atoms with Crippen molar-refractivity contribution in [2.45, 2.75) is 103 Å². The molecule has 0 spiro atoms. The summed E-state index contributed by atoms with van der Waals surface area (Å²) in [6, 6.07) is 6.77. The van der Waals surface area contributed by atoms with E-state index in [1.165, 1.54) is 19.3 Å². The Hall–Kier alpha value is -5.28. The zero-order chi connectivity index (χ0) is 42.0. The fourth-order valence-electron chi connectivity index (χ4n) is 8.59. The van der Waals surface area contributed by atoms with Gasteiger partial charge in [0.25, 0.3) is 0 Å². The Morgan fingerprint density at radius 3 is 2.68 bits per heavy atom. The van der Waals surface area contributed by atoms with Gasteiger partial charge in [-0.1, -0.05) is 57.5 Å². The van der Waals surface area contributed by atoms with Crippen LogP contribution in [-0.2, 0) is 28.5 Å². The van der Waals surface area contributed by atoms with Gasteiger partial charge >= 0.3 is 6.09 Å². The number of H-pyrrole nitrogens is 1. The molecule has 1 amide bonds. The lowest BCUT2D eigenvalue weighted by Crippen LogP contribution is -2.52. The van der Waals surface area contributed by atoms with Crippen LogP contribution in [0.25, 0.3) is 21.8 Å². The molecule has 4 heterocycles. The number of hydrogen-bond donors (Lipinski definition) is 4. The van der Waals surface area contributed by atoms with Crippen LogP contribution < -0.4 is 5.32 Å². The normalized spacial score (nSPS) is 30.7. The van der Waals surface area contributed by atoms with E-state index in [0.717, 1.165) is 22.7 Å². The summed E-state index contributed by atoms with van der Waals surface area (Å²) in [4.78, 5) is 49.0. The van der Waals surface area contributed by atoms with E-state index in [0.29, 0.717) is 42.7 Å². The summed E-state index contributed by atoms with van der Waals surface area (Å²) >= 11 is 0. The molecule has 9 atom stereocenters. The number of carbonyl (C=O) groups is 3. The van der Waals surface area contributed by atoms with E-state index in [9.17, 15) is 24.6 Å². The second-order valence-corrected chi connectivity index (χ2v) is 16.2. The number of phenols is 1. The SMILES string of the molecule is CC/C=C1\C2=C(NC(=O)OC)C(=O)C[C@@]1(O)C#C/C=C\C#C[C@@H]2OC1OC(C)C(C(=O)c2nccc3c2[nH]c2ccc(O)cc23)CC1OC1CC(C)C(CC(C)C)CO1. The van der Waals surface area contributed by atoms with E-state index in [2.05, 4.69) is 59.7 Å². The number of hydrogen-bond acceptors (Lipinski definition) is 11. The number of phenolic OH excluding ortho intramolecular Hbond substituents is 1. The number of methoxy groups -OCH3 is 1. The van der Waals surface area contributed by atoms with Crippen molar-refractivity contribution in [1.82, 2.24) is 15.3 Å². The van der Waals surface area contributed by atoms with E-state index in [1.54, 1.807) is 43.5 Å². The first kappa shape index (κ1) is 41.9. The maximum absolute atomic E-state index is 14.6. The van der Waals surface area contributed by atoms with Gasteiger partial charge in [-0.25, -0.2) is 4.79 Å². The Morgan fingerprint density at radius 2 is 1.93 bits per heavy atom. The predicted molar refractivity (Wildman–Crippen MR) is 218 cm³/mol. The summed E-state index contributed by atoms with van der Waals surface area (Å²) in [5.41, 5.74) is -0.189. The highest BCUT2D eigenvalue weighted by molar-refractivity contribution is 6.15. The lowest BCUT2D eigenvalue weighted by molar-refractivity contribution is -0.303. The molecule has 0 saturated carbocycles. The van der Waals surface area contributed by atoms with Crippen molar-refractivity contribution in [2.75, 3.05) is 13.7 Å². The van der Waals surface area contributed by atoms with Crippen LogP contribution in [-0.4, -0.2) is 88.1 Å². The minimum absolute atomic E-state index is 0.103. The summed E-state index contributed by atoms with van der Waals surface area (Å²) in [5, 5.41) is 26.2. The summed E-state index contributed by atoms with van der Waals surface area (Å²) < 4.78 is 31.4. The first-order valence-corrected chi connectivity index (χ1v) is 20.3. The Morgan fingerprint density at radius 1 is 1.14 bits per heavy atom. The average Bonchev–Trinajstić information content (AvgIpc) is 3.57. The largest absolute Gasteiger partial charge is 0.508 e. The molecular weight excluding hydrogens is 755 g/mol. The number of nitrogens with one attached hydrogen (secondary N) is 2. The third kappa shape index (κ3) is 8.72. The standard InChI is InChI=1S/C46H51N3O10/c1-7-12-33-39-36(13-10-8-9-11-17-46(33,54)23-35(51)41(39)49-45(53)55-6)59-44-37(58-38-20-26(4)28(24-56-38)19-25(2)3)22-31(27(5)57-44)43(52)42-40-30(16-18-47-42)32-21-29(50)14-15-34(32)48-40/h8-9,12,14-16,18,21,25-28,31,36-38,44,48,50,54H,7,19-20,22-24H2,1-6H3,(H,49,53)/b9-8-,33-12+/t26?,27?,28?,31?,36-,37?,38?,44?,46-/m0/s1. The topological polar surface area (TPSA) is 179 Å². The summed E-state index contributed by atoms with van der Waals surface area (Å²) in [5.74, 6) is 11.2. The van der Waals surface area contributed by atoms with Crippen molar-refractivity contribution in [1.29, 1.82) is 0 Å². The molecule has 310 valence electrons. The van der Waals surface area contributed by atoms with Gasteiger partial charge in [0.2, 0.25) is 0 Å². The maximum Gasteiger partial charge on any atom is 0.411 e. The number of aromatic hydroxyl groups is 1. The highest BCUT2D eigenvalue weighted by Gasteiger charge is 2.48. The molecule has 13 nitrogen and oxygen atoms in total. The van der Waals surface area contributed by atoms with E-state index in [-0.39, 0.29) is 40.5 Å². The minimum atomic E-state index is -1.92. The van der Waals surface area contributed by atoms with Gasteiger partial charge in [-0.3, -0.25) is 19.9 Å². The molecule has 2 aliphatic carbocycles. The van der Waals surface area contributed by atoms with Gasteiger partial charge in [0, 0.05) is 40.1 Å². The molecule has 59 heavy (non-hydrogen) atoms. The highest BCUT2D eigenvalue weighted by Crippen LogP contribution is 2.41. The van der Waals surface area contributed by atoms with E-state index in [1.807, 2.05) is 6.92 Å². The van der Waals surface area contributed by atoms with Gasteiger partial charge in [0.1, 0.15) is 23.7 Å². The van der Waals surface area contributed by atoms with Gasteiger partial charge in [-0.2, -0.15) is 0 Å². The Labute approximate surface area is 343 Å². The Bertz CT molecular complexity index is 2350. The third-order valence-corrected chi connectivity index (χ3v) is 11.5. The van der Waals surface area contributed by atoms with Crippen molar-refractivity contribution in [3.63, 3.8) is 0 Å². The van der Waals surface area contributed by atoms with Crippen LogP contribution in [0.5, 0.6) is 5.75 Å². The van der Waals surface area contributed by atoms with Crippen molar-refractivity contribution >= 4 is 39.5 Å². The zero-order valence-electron chi connectivity index (χ0n) is 34.2. The number of rotatable bonds is 10. The lowest BCUT2D eigenvalue weighted by atomic mass is 9.75. The molecule has 2 saturated heterocycles. The van der Waals surface area contributed by atoms with Crippen molar-refractivity contribution in [3.8, 4) is 29.4 Å². The molecule has 0 radical (unpaired) electrons. The number of benzene rings is 1. The number of aliphatic hydroxyl groups is 1. The number of Topliss-reactive ketones (excluding diaryl/α,β-unsaturated/α-hetero) is 2. The number of pyridine rings is 1. The van der Waals surface area contributed by atoms with E-state index in [4.69, 9.17) is 23.7 Å². The van der Waals surface area contributed by atoms with Crippen LogP contribution in [0.3, 0.4) is 0 Å². The molecule has 2 aromatic heterocycles. The predicted octanol–water partition coefficient (Wildman–Crippen LogP) is 6.40. The Kier molecular flexibility index (Phi) is 12.4. The lowest BCUT2D eigenvalue weighted by Gasteiger charge is -2.43. The molecule has 4 N–H and O–H groups in total. The minimum Gasteiger partial charge on any atom is -0.508 e. The van der Waals surface area contributed by atoms with Crippen LogP contribution in [0.1, 0.15) is 77.2 Å². The van der Waals surface area contributed by atoms with Crippen LogP contribution in [0.15, 0.2) is 65.5 Å². The van der Waals surface area contributed by atoms with Crippen molar-refractivity contribution < 1.29 is 48.3 Å². The van der Waals surface area contributed by atoms with Gasteiger partial charge in [-0.05, 0) is 80.4 Å². The first-order valence-electron chi connectivity index (χ1n) is 20.3. The summed E-state index contributed by atoms with van der Waals surface area (Å²) in [7, 11) is 1.18. The number of aromatic nitrogens is 2. The number of alkyl carbamates (subject to hydrolysis) is 1. The molecule has 1 aromatic carbocycles. The van der Waals surface area contributed by atoms with Gasteiger partial charge in [-0.15, -0.1) is 0 Å². The number of carbonyl (C=O) groups excluding carboxylic acids is 3. The number of allylic oxidation sites excluding steroid dienone is 4. The van der Waals surface area contributed by atoms with Crippen LogP contribution in [0, 0.1) is 47.4 Å². The first-order chi connectivity index (χ1) is 28.3. The van der Waals surface area contributed by atoms with Crippen molar-refractivity contribution in [3.05, 3.63) is 71.2 Å². The molecule has 4 aliphatic rings. The molecule has 7 rings (SSSR count). The number of fused-ring (bicyclic) bond motifs is 5. The van der Waals surface area contributed by atoms with E-state index >= 15 is 0 Å². The highest BCUT2D eigenvalue weighted by atomic mass is 16.7. The number of ketones is 2. The third-order valence-electron chi connectivity index (χ3n) is 11.5.